The smallest absolute Gasteiger partial charge is 0.254 e. The average molecular weight is 392 g/mol. The van der Waals surface area contributed by atoms with E-state index in [1.54, 1.807) is 0 Å². The van der Waals surface area contributed by atoms with Crippen LogP contribution in [0.25, 0.3) is 0 Å². The number of nitrogens with zero attached hydrogens (tertiary/aromatic N) is 1. The fourth-order valence-electron chi connectivity index (χ4n) is 5.26. The highest BCUT2D eigenvalue weighted by Crippen LogP contribution is 2.44. The van der Waals surface area contributed by atoms with Crippen LogP contribution in [0.2, 0.25) is 0 Å². The van der Waals surface area contributed by atoms with Crippen LogP contribution < -0.4 is 9.47 Å². The third-order valence-electron chi connectivity index (χ3n) is 6.83. The Morgan fingerprint density at radius 3 is 2.24 bits per heavy atom. The maximum absolute atomic E-state index is 13.3. The Labute approximate surface area is 172 Å². The van der Waals surface area contributed by atoms with Gasteiger partial charge in [-0.3, -0.25) is 4.79 Å². The highest BCUT2D eigenvalue weighted by atomic mass is 16.6. The highest BCUT2D eigenvalue weighted by Gasteiger charge is 2.43. The number of fused-ring (bicyclic) bond motifs is 3. The monoisotopic (exact) mass is 391 g/mol. The van der Waals surface area contributed by atoms with Gasteiger partial charge in [0.05, 0.1) is 0 Å². The highest BCUT2D eigenvalue weighted by molar-refractivity contribution is 5.95. The zero-order valence-corrected chi connectivity index (χ0v) is 17.3. The predicted octanol–water partition coefficient (Wildman–Crippen LogP) is 5.13. The number of benzene rings is 2. The van der Waals surface area contributed by atoms with Gasteiger partial charge in [-0.1, -0.05) is 38.1 Å². The second-order valence-electron chi connectivity index (χ2n) is 8.95. The zero-order valence-electron chi connectivity index (χ0n) is 17.3. The number of carbonyl (C=O) groups is 1. The maximum atomic E-state index is 13.3. The van der Waals surface area contributed by atoms with Gasteiger partial charge >= 0.3 is 0 Å². The van der Waals surface area contributed by atoms with Crippen molar-refractivity contribution >= 4 is 5.91 Å². The SMILES string of the molecule is CC(C)c1ccc(C2CC3CCC(C2)N3C(=O)c2ccc3c(c2)OCCO3)cc1. The summed E-state index contributed by atoms with van der Waals surface area (Å²) in [6.45, 7) is 5.57. The van der Waals surface area contributed by atoms with Gasteiger partial charge in [0.1, 0.15) is 13.2 Å². The van der Waals surface area contributed by atoms with Crippen molar-refractivity contribution in [3.05, 3.63) is 59.2 Å². The molecule has 0 N–H and O–H groups in total. The van der Waals surface area contributed by atoms with Crippen LogP contribution in [0.15, 0.2) is 42.5 Å². The fourth-order valence-corrected chi connectivity index (χ4v) is 5.26. The van der Waals surface area contributed by atoms with Gasteiger partial charge in [0.25, 0.3) is 5.91 Å². The molecule has 0 radical (unpaired) electrons. The summed E-state index contributed by atoms with van der Waals surface area (Å²) < 4.78 is 11.3. The molecule has 2 bridgehead atoms. The largest absolute Gasteiger partial charge is 0.486 e. The van der Waals surface area contributed by atoms with Crippen LogP contribution in [0, 0.1) is 0 Å². The summed E-state index contributed by atoms with van der Waals surface area (Å²) in [6.07, 6.45) is 4.35. The molecule has 2 unspecified atom stereocenters. The van der Waals surface area contributed by atoms with Gasteiger partial charge in [0.15, 0.2) is 11.5 Å². The molecule has 0 saturated carbocycles. The lowest BCUT2D eigenvalue weighted by Crippen LogP contribution is -2.46. The molecule has 2 fully saturated rings. The van der Waals surface area contributed by atoms with Gasteiger partial charge in [-0.2, -0.15) is 0 Å². The topological polar surface area (TPSA) is 38.8 Å². The van der Waals surface area contributed by atoms with Crippen molar-refractivity contribution < 1.29 is 14.3 Å². The van der Waals surface area contributed by atoms with Crippen molar-refractivity contribution in [3.63, 3.8) is 0 Å². The van der Waals surface area contributed by atoms with Gasteiger partial charge in [-0.25, -0.2) is 0 Å². The normalized spacial score (nSPS) is 25.3. The molecule has 4 heteroatoms. The van der Waals surface area contributed by atoms with E-state index in [0.717, 1.165) is 31.4 Å². The van der Waals surface area contributed by atoms with Gasteiger partial charge in [-0.15, -0.1) is 0 Å². The van der Waals surface area contributed by atoms with Gasteiger partial charge in [0.2, 0.25) is 0 Å². The van der Waals surface area contributed by atoms with Crippen molar-refractivity contribution in [1.29, 1.82) is 0 Å². The molecule has 1 amide bonds. The van der Waals surface area contributed by atoms with Gasteiger partial charge in [0, 0.05) is 17.6 Å². The summed E-state index contributed by atoms with van der Waals surface area (Å²) in [4.78, 5) is 15.5. The fraction of sp³-hybridized carbons (Fsp3) is 0.480. The summed E-state index contributed by atoms with van der Waals surface area (Å²) in [5.41, 5.74) is 3.53. The first-order chi connectivity index (χ1) is 14.1. The van der Waals surface area contributed by atoms with E-state index in [1.807, 2.05) is 18.2 Å². The Hall–Kier alpha value is -2.49. The molecule has 0 aromatic heterocycles. The first-order valence-corrected chi connectivity index (χ1v) is 10.9. The molecule has 0 spiro atoms. The number of amides is 1. The van der Waals surface area contributed by atoms with Crippen LogP contribution >= 0.6 is 0 Å². The Morgan fingerprint density at radius 1 is 0.931 bits per heavy atom. The Bertz CT molecular complexity index is 891. The standard InChI is InChI=1S/C25H29NO3/c1-16(2)17-3-5-18(6-4-17)20-13-21-8-9-22(14-20)26(21)25(27)19-7-10-23-24(15-19)29-12-11-28-23/h3-7,10,15-16,20-22H,8-9,11-14H2,1-2H3. The van der Waals surface area contributed by atoms with E-state index in [-0.39, 0.29) is 5.91 Å². The van der Waals surface area contributed by atoms with Crippen LogP contribution in [0.5, 0.6) is 11.5 Å². The number of piperidine rings is 1. The van der Waals surface area contributed by atoms with Crippen LogP contribution in [0.4, 0.5) is 0 Å². The molecule has 0 aliphatic carbocycles. The molecule has 3 aliphatic heterocycles. The van der Waals surface area contributed by atoms with Crippen molar-refractivity contribution in [2.75, 3.05) is 13.2 Å². The molecule has 2 aromatic carbocycles. The number of rotatable bonds is 3. The minimum Gasteiger partial charge on any atom is -0.486 e. The predicted molar refractivity (Wildman–Crippen MR) is 113 cm³/mol. The number of ether oxygens (including phenoxy) is 2. The minimum atomic E-state index is 0.142. The van der Waals surface area contributed by atoms with E-state index in [9.17, 15) is 4.79 Å². The number of hydrogen-bond acceptors (Lipinski definition) is 3. The second kappa shape index (κ2) is 7.40. The first-order valence-electron chi connectivity index (χ1n) is 10.9. The number of hydrogen-bond donors (Lipinski definition) is 0. The molecule has 2 saturated heterocycles. The summed E-state index contributed by atoms with van der Waals surface area (Å²) in [5.74, 6) is 2.68. The molecule has 3 aliphatic rings. The Morgan fingerprint density at radius 2 is 1.59 bits per heavy atom. The number of carbonyl (C=O) groups excluding carboxylic acids is 1. The van der Waals surface area contributed by atoms with E-state index in [1.165, 1.54) is 11.1 Å². The molecule has 2 atom stereocenters. The zero-order chi connectivity index (χ0) is 20.0. The van der Waals surface area contributed by atoms with E-state index in [2.05, 4.69) is 43.0 Å². The van der Waals surface area contributed by atoms with E-state index in [4.69, 9.17) is 9.47 Å². The second-order valence-corrected chi connectivity index (χ2v) is 8.95. The summed E-state index contributed by atoms with van der Waals surface area (Å²) in [5, 5.41) is 0. The van der Waals surface area contributed by atoms with Crippen LogP contribution in [0.3, 0.4) is 0 Å². The van der Waals surface area contributed by atoms with Gasteiger partial charge < -0.3 is 14.4 Å². The van der Waals surface area contributed by atoms with Gasteiger partial charge in [-0.05, 0) is 66.8 Å². The van der Waals surface area contributed by atoms with E-state index in [0.29, 0.717) is 48.4 Å². The molecule has 2 aromatic rings. The van der Waals surface area contributed by atoms with E-state index >= 15 is 0 Å². The third kappa shape index (κ3) is 3.39. The summed E-state index contributed by atoms with van der Waals surface area (Å²) >= 11 is 0. The lowest BCUT2D eigenvalue weighted by molar-refractivity contribution is 0.0570. The molecule has 4 nitrogen and oxygen atoms in total. The summed E-state index contributed by atoms with van der Waals surface area (Å²) in [6, 6.07) is 15.4. The summed E-state index contributed by atoms with van der Waals surface area (Å²) in [7, 11) is 0. The van der Waals surface area contributed by atoms with Crippen molar-refractivity contribution in [2.45, 2.75) is 63.5 Å². The van der Waals surface area contributed by atoms with Crippen LogP contribution in [0.1, 0.15) is 72.9 Å². The molecule has 5 rings (SSSR count). The lowest BCUT2D eigenvalue weighted by Gasteiger charge is -2.39. The minimum absolute atomic E-state index is 0.142. The van der Waals surface area contributed by atoms with Crippen molar-refractivity contribution in [2.24, 2.45) is 0 Å². The Kier molecular flexibility index (Phi) is 4.73. The molecule has 152 valence electrons. The third-order valence-corrected chi connectivity index (χ3v) is 6.83. The van der Waals surface area contributed by atoms with Crippen molar-refractivity contribution in [1.82, 2.24) is 4.90 Å². The molecule has 3 heterocycles. The maximum Gasteiger partial charge on any atom is 0.254 e. The Balaban J connectivity index is 1.33. The van der Waals surface area contributed by atoms with Crippen LogP contribution in [-0.4, -0.2) is 36.1 Å². The van der Waals surface area contributed by atoms with Crippen molar-refractivity contribution in [3.8, 4) is 11.5 Å². The quantitative estimate of drug-likeness (QED) is 0.728. The average Bonchev–Trinajstić information content (AvgIpc) is 3.02. The van der Waals surface area contributed by atoms with E-state index < -0.39 is 0 Å². The first kappa shape index (κ1) is 18.5. The molecule has 29 heavy (non-hydrogen) atoms. The molecular formula is C25H29NO3. The van der Waals surface area contributed by atoms with Crippen LogP contribution in [-0.2, 0) is 0 Å². The lowest BCUT2D eigenvalue weighted by atomic mass is 9.84. The molecular weight excluding hydrogens is 362 g/mol.